The molecule has 3 fully saturated rings. The lowest BCUT2D eigenvalue weighted by Gasteiger charge is -2.30. The average molecular weight is 312 g/mol. The zero-order valence-corrected chi connectivity index (χ0v) is 13.8. The Morgan fingerprint density at radius 2 is 1.86 bits per heavy atom. The van der Waals surface area contributed by atoms with Gasteiger partial charge in [-0.2, -0.15) is 11.8 Å². The first-order valence-electron chi connectivity index (χ1n) is 8.54. The minimum absolute atomic E-state index is 0.0311. The maximum absolute atomic E-state index is 12.2. The molecule has 120 valence electrons. The van der Waals surface area contributed by atoms with Crippen molar-refractivity contribution in [3.05, 3.63) is 0 Å². The number of urea groups is 1. The van der Waals surface area contributed by atoms with Crippen molar-refractivity contribution in [2.24, 2.45) is 5.92 Å². The second-order valence-corrected chi connectivity index (χ2v) is 8.25. The fourth-order valence-corrected chi connectivity index (χ4v) is 4.77. The third kappa shape index (κ3) is 4.52. The lowest BCUT2D eigenvalue weighted by molar-refractivity contribution is -0.00917. The summed E-state index contributed by atoms with van der Waals surface area (Å²) < 4.78 is 5.81. The van der Waals surface area contributed by atoms with Crippen molar-refractivity contribution in [2.75, 3.05) is 12.4 Å². The molecule has 5 heteroatoms. The standard InChI is InChI=1S/C16H28N2O2S/c1-2-21-14-6-5-12(9-14)17-16(19)18-13-7-8-20-15(10-13)11-3-4-11/h11-15H,2-10H2,1H3,(H2,17,18,19)/t12-,13+,14+,15-/m0/s1. The average Bonchev–Trinajstić information content (AvgIpc) is 3.22. The van der Waals surface area contributed by atoms with E-state index < -0.39 is 0 Å². The molecular formula is C16H28N2O2S. The highest BCUT2D eigenvalue weighted by Crippen LogP contribution is 2.38. The molecule has 2 aliphatic carbocycles. The van der Waals surface area contributed by atoms with Crippen molar-refractivity contribution in [2.45, 2.75) is 75.3 Å². The van der Waals surface area contributed by atoms with Crippen LogP contribution in [-0.2, 0) is 4.74 Å². The quantitative estimate of drug-likeness (QED) is 0.820. The second-order valence-electron chi connectivity index (χ2n) is 6.67. The highest BCUT2D eigenvalue weighted by atomic mass is 32.2. The molecular weight excluding hydrogens is 284 g/mol. The number of carbonyl (C=O) groups is 1. The molecule has 0 unspecified atom stereocenters. The predicted molar refractivity (Wildman–Crippen MR) is 86.7 cm³/mol. The fourth-order valence-electron chi connectivity index (χ4n) is 3.63. The van der Waals surface area contributed by atoms with Gasteiger partial charge >= 0.3 is 6.03 Å². The lowest BCUT2D eigenvalue weighted by Crippen LogP contribution is -2.48. The topological polar surface area (TPSA) is 50.4 Å². The van der Waals surface area contributed by atoms with E-state index in [4.69, 9.17) is 4.74 Å². The van der Waals surface area contributed by atoms with Crippen LogP contribution in [0.2, 0.25) is 0 Å². The Kier molecular flexibility index (Phi) is 5.33. The summed E-state index contributed by atoms with van der Waals surface area (Å²) in [7, 11) is 0. The molecule has 2 N–H and O–H groups in total. The van der Waals surface area contributed by atoms with Gasteiger partial charge in [0.1, 0.15) is 0 Å². The SMILES string of the molecule is CCS[C@@H]1CC[C@H](NC(=O)N[C@@H]2CCO[C@H](C3CC3)C2)C1. The highest BCUT2D eigenvalue weighted by Gasteiger charge is 2.36. The van der Waals surface area contributed by atoms with Crippen LogP contribution in [0.15, 0.2) is 0 Å². The fraction of sp³-hybridized carbons (Fsp3) is 0.938. The van der Waals surface area contributed by atoms with Crippen LogP contribution in [0.1, 0.15) is 51.9 Å². The Hall–Kier alpha value is -0.420. The summed E-state index contributed by atoms with van der Waals surface area (Å²) in [5, 5.41) is 7.08. The van der Waals surface area contributed by atoms with Gasteiger partial charge in [-0.3, -0.25) is 0 Å². The normalized spacial score (nSPS) is 36.4. The molecule has 3 rings (SSSR count). The van der Waals surface area contributed by atoms with Crippen molar-refractivity contribution in [1.29, 1.82) is 0 Å². The third-order valence-corrected chi connectivity index (χ3v) is 6.15. The summed E-state index contributed by atoms with van der Waals surface area (Å²) in [6.07, 6.45) is 8.45. The van der Waals surface area contributed by atoms with E-state index in [0.717, 1.165) is 43.5 Å². The van der Waals surface area contributed by atoms with Crippen molar-refractivity contribution < 1.29 is 9.53 Å². The van der Waals surface area contributed by atoms with Crippen LogP contribution in [0.5, 0.6) is 0 Å². The smallest absolute Gasteiger partial charge is 0.315 e. The zero-order valence-electron chi connectivity index (χ0n) is 13.0. The molecule has 0 spiro atoms. The molecule has 0 aromatic heterocycles. The Balaban J connectivity index is 1.37. The number of carbonyl (C=O) groups excluding carboxylic acids is 1. The van der Waals surface area contributed by atoms with Crippen molar-refractivity contribution >= 4 is 17.8 Å². The monoisotopic (exact) mass is 312 g/mol. The molecule has 21 heavy (non-hydrogen) atoms. The van der Waals surface area contributed by atoms with Crippen LogP contribution in [0.4, 0.5) is 4.79 Å². The zero-order chi connectivity index (χ0) is 14.7. The van der Waals surface area contributed by atoms with Gasteiger partial charge in [-0.05, 0) is 56.6 Å². The molecule has 0 aromatic carbocycles. The third-order valence-electron chi connectivity index (χ3n) is 4.92. The minimum atomic E-state index is 0.0311. The van der Waals surface area contributed by atoms with E-state index in [1.807, 2.05) is 11.8 Å². The summed E-state index contributed by atoms with van der Waals surface area (Å²) in [6, 6.07) is 0.697. The van der Waals surface area contributed by atoms with E-state index in [9.17, 15) is 4.79 Å². The number of thioether (sulfide) groups is 1. The molecule has 2 saturated carbocycles. The largest absolute Gasteiger partial charge is 0.378 e. The molecule has 4 nitrogen and oxygen atoms in total. The van der Waals surface area contributed by atoms with Gasteiger partial charge in [-0.1, -0.05) is 6.92 Å². The number of rotatable bonds is 5. The molecule has 1 heterocycles. The molecule has 1 saturated heterocycles. The summed E-state index contributed by atoms with van der Waals surface area (Å²) >= 11 is 2.03. The van der Waals surface area contributed by atoms with Crippen LogP contribution in [0, 0.1) is 5.92 Å². The number of ether oxygens (including phenoxy) is 1. The Labute approximate surface area is 132 Å². The van der Waals surface area contributed by atoms with Crippen LogP contribution < -0.4 is 10.6 Å². The number of hydrogen-bond acceptors (Lipinski definition) is 3. The van der Waals surface area contributed by atoms with Crippen LogP contribution in [-0.4, -0.2) is 41.8 Å². The summed E-state index contributed by atoms with van der Waals surface area (Å²) in [6.45, 7) is 3.00. The molecule has 0 bridgehead atoms. The Morgan fingerprint density at radius 1 is 1.10 bits per heavy atom. The molecule has 0 radical (unpaired) electrons. The molecule has 0 aromatic rings. The van der Waals surface area contributed by atoms with Gasteiger partial charge in [-0.15, -0.1) is 0 Å². The van der Waals surface area contributed by atoms with Gasteiger partial charge in [0, 0.05) is 23.9 Å². The van der Waals surface area contributed by atoms with E-state index in [0.29, 0.717) is 18.2 Å². The summed E-state index contributed by atoms with van der Waals surface area (Å²) in [4.78, 5) is 12.2. The first-order valence-corrected chi connectivity index (χ1v) is 9.59. The maximum atomic E-state index is 12.2. The van der Waals surface area contributed by atoms with Gasteiger partial charge in [0.15, 0.2) is 0 Å². The van der Waals surface area contributed by atoms with Crippen LogP contribution in [0.25, 0.3) is 0 Å². The molecule has 4 atom stereocenters. The summed E-state index contributed by atoms with van der Waals surface area (Å²) in [5.74, 6) is 1.94. The van der Waals surface area contributed by atoms with E-state index in [1.54, 1.807) is 0 Å². The number of amides is 2. The first kappa shape index (κ1) is 15.5. The van der Waals surface area contributed by atoms with Gasteiger partial charge in [-0.25, -0.2) is 4.79 Å². The number of nitrogens with one attached hydrogen (secondary N) is 2. The van der Waals surface area contributed by atoms with E-state index in [-0.39, 0.29) is 6.03 Å². The first-order chi connectivity index (χ1) is 10.2. The van der Waals surface area contributed by atoms with E-state index >= 15 is 0 Å². The van der Waals surface area contributed by atoms with Crippen molar-refractivity contribution in [1.82, 2.24) is 10.6 Å². The minimum Gasteiger partial charge on any atom is -0.378 e. The molecule has 2 amide bonds. The molecule has 3 aliphatic rings. The van der Waals surface area contributed by atoms with Gasteiger partial charge in [0.05, 0.1) is 6.10 Å². The predicted octanol–water partition coefficient (Wildman–Crippen LogP) is 2.92. The molecule has 1 aliphatic heterocycles. The Morgan fingerprint density at radius 3 is 2.57 bits per heavy atom. The van der Waals surface area contributed by atoms with E-state index in [1.165, 1.54) is 25.0 Å². The summed E-state index contributed by atoms with van der Waals surface area (Å²) in [5.41, 5.74) is 0. The Bertz CT molecular complexity index is 362. The van der Waals surface area contributed by atoms with Gasteiger partial charge in [0.2, 0.25) is 0 Å². The maximum Gasteiger partial charge on any atom is 0.315 e. The second kappa shape index (κ2) is 7.23. The van der Waals surface area contributed by atoms with Crippen LogP contribution >= 0.6 is 11.8 Å². The van der Waals surface area contributed by atoms with Crippen molar-refractivity contribution in [3.8, 4) is 0 Å². The van der Waals surface area contributed by atoms with E-state index in [2.05, 4.69) is 17.6 Å². The highest BCUT2D eigenvalue weighted by molar-refractivity contribution is 7.99. The lowest BCUT2D eigenvalue weighted by atomic mass is 10.0. The van der Waals surface area contributed by atoms with Gasteiger partial charge in [0.25, 0.3) is 0 Å². The van der Waals surface area contributed by atoms with Gasteiger partial charge < -0.3 is 15.4 Å². The number of hydrogen-bond donors (Lipinski definition) is 2. The van der Waals surface area contributed by atoms with Crippen molar-refractivity contribution in [3.63, 3.8) is 0 Å². The van der Waals surface area contributed by atoms with Crippen LogP contribution in [0.3, 0.4) is 0 Å².